The van der Waals surface area contributed by atoms with Crippen LogP contribution in [0.2, 0.25) is 0 Å². The van der Waals surface area contributed by atoms with Gasteiger partial charge in [-0.05, 0) is 46.9 Å². The molecule has 0 bridgehead atoms. The molecule has 0 radical (unpaired) electrons. The van der Waals surface area contributed by atoms with E-state index in [1.54, 1.807) is 6.92 Å². The number of ether oxygens (including phenoxy) is 1. The van der Waals surface area contributed by atoms with Gasteiger partial charge in [-0.15, -0.1) is 0 Å². The molecule has 0 spiro atoms. The van der Waals surface area contributed by atoms with Gasteiger partial charge < -0.3 is 9.84 Å². The summed E-state index contributed by atoms with van der Waals surface area (Å²) in [6.45, 7) is 17.1. The van der Waals surface area contributed by atoms with Crippen molar-refractivity contribution >= 4 is 5.97 Å². The van der Waals surface area contributed by atoms with Crippen molar-refractivity contribution in [1.29, 1.82) is 0 Å². The zero-order valence-corrected chi connectivity index (χ0v) is 15.9. The molecule has 0 saturated carbocycles. The van der Waals surface area contributed by atoms with Crippen molar-refractivity contribution in [2.75, 3.05) is 6.61 Å². The van der Waals surface area contributed by atoms with E-state index in [1.807, 2.05) is 13.0 Å². The van der Waals surface area contributed by atoms with Crippen molar-refractivity contribution in [3.63, 3.8) is 0 Å². The average Bonchev–Trinajstić information content (AvgIpc) is 2.35. The van der Waals surface area contributed by atoms with Gasteiger partial charge in [0.05, 0.1) is 19.1 Å². The summed E-state index contributed by atoms with van der Waals surface area (Å²) in [5.74, 6) is -0.363. The van der Waals surface area contributed by atoms with Crippen LogP contribution in [0.25, 0.3) is 0 Å². The zero-order valence-electron chi connectivity index (χ0n) is 15.9. The van der Waals surface area contributed by atoms with E-state index in [2.05, 4.69) is 47.6 Å². The SMILES string of the molecule is CCOC(=O)CC(O)c1cc(C(C)(C)C)cc(C(C)(C)C)c1C. The number of hydrogen-bond acceptors (Lipinski definition) is 3. The molecule has 0 heterocycles. The van der Waals surface area contributed by atoms with Gasteiger partial charge in [0.1, 0.15) is 0 Å². The summed E-state index contributed by atoms with van der Waals surface area (Å²) >= 11 is 0. The number of benzene rings is 1. The Bertz CT molecular complexity index is 559. The first kappa shape index (κ1) is 19.7. The predicted molar refractivity (Wildman–Crippen MR) is 94.8 cm³/mol. The lowest BCUT2D eigenvalue weighted by atomic mass is 9.76. The smallest absolute Gasteiger partial charge is 0.308 e. The van der Waals surface area contributed by atoms with Gasteiger partial charge in [-0.2, -0.15) is 0 Å². The third-order valence-electron chi connectivity index (χ3n) is 4.15. The Morgan fingerprint density at radius 1 is 1.13 bits per heavy atom. The summed E-state index contributed by atoms with van der Waals surface area (Å²) in [6, 6.07) is 4.27. The van der Waals surface area contributed by atoms with E-state index in [9.17, 15) is 9.90 Å². The molecule has 0 aromatic heterocycles. The van der Waals surface area contributed by atoms with Crippen molar-refractivity contribution in [1.82, 2.24) is 0 Å². The van der Waals surface area contributed by atoms with Crippen LogP contribution in [0.15, 0.2) is 12.1 Å². The molecule has 0 aliphatic rings. The highest BCUT2D eigenvalue weighted by molar-refractivity contribution is 5.70. The summed E-state index contributed by atoms with van der Waals surface area (Å²) in [6.07, 6.45) is -0.844. The number of aliphatic hydroxyl groups excluding tert-OH is 1. The van der Waals surface area contributed by atoms with Gasteiger partial charge in [-0.1, -0.05) is 53.7 Å². The summed E-state index contributed by atoms with van der Waals surface area (Å²) in [5, 5.41) is 10.6. The Labute approximate surface area is 141 Å². The third-order valence-corrected chi connectivity index (χ3v) is 4.15. The Morgan fingerprint density at radius 2 is 1.70 bits per heavy atom. The highest BCUT2D eigenvalue weighted by atomic mass is 16.5. The lowest BCUT2D eigenvalue weighted by Crippen LogP contribution is -2.20. The van der Waals surface area contributed by atoms with E-state index in [0.29, 0.717) is 6.61 Å². The van der Waals surface area contributed by atoms with Crippen molar-refractivity contribution in [3.8, 4) is 0 Å². The lowest BCUT2D eigenvalue weighted by molar-refractivity contribution is -0.145. The van der Waals surface area contributed by atoms with Crippen LogP contribution in [0, 0.1) is 6.92 Å². The van der Waals surface area contributed by atoms with E-state index in [4.69, 9.17) is 4.74 Å². The Balaban J connectivity index is 3.38. The summed E-state index contributed by atoms with van der Waals surface area (Å²) < 4.78 is 4.97. The number of carbonyl (C=O) groups excluding carboxylic acids is 1. The quantitative estimate of drug-likeness (QED) is 0.826. The fourth-order valence-electron chi connectivity index (χ4n) is 2.78. The summed E-state index contributed by atoms with van der Waals surface area (Å²) in [4.78, 5) is 11.7. The molecule has 3 heteroatoms. The van der Waals surface area contributed by atoms with Crippen molar-refractivity contribution in [2.24, 2.45) is 0 Å². The summed E-state index contributed by atoms with van der Waals surface area (Å²) in [5.41, 5.74) is 4.22. The second-order valence-corrected chi connectivity index (χ2v) is 8.26. The molecular weight excluding hydrogens is 288 g/mol. The van der Waals surface area contributed by atoms with Crippen molar-refractivity contribution in [3.05, 3.63) is 34.4 Å². The molecule has 0 amide bonds. The predicted octanol–water partition coefficient (Wildman–Crippen LogP) is 4.58. The minimum absolute atomic E-state index is 0.00808. The molecule has 0 aliphatic carbocycles. The highest BCUT2D eigenvalue weighted by Crippen LogP contribution is 2.36. The molecule has 1 unspecified atom stereocenters. The van der Waals surface area contributed by atoms with Crippen LogP contribution in [0.3, 0.4) is 0 Å². The summed E-state index contributed by atoms with van der Waals surface area (Å²) in [7, 11) is 0. The number of esters is 1. The van der Waals surface area contributed by atoms with Gasteiger partial charge in [0.2, 0.25) is 0 Å². The van der Waals surface area contributed by atoms with E-state index in [-0.39, 0.29) is 23.2 Å². The molecular formula is C20H32O3. The van der Waals surface area contributed by atoms with Crippen LogP contribution in [0.1, 0.15) is 83.2 Å². The Morgan fingerprint density at radius 3 is 2.13 bits per heavy atom. The molecule has 1 aromatic rings. The molecule has 1 N–H and O–H groups in total. The molecule has 23 heavy (non-hydrogen) atoms. The van der Waals surface area contributed by atoms with E-state index in [1.165, 1.54) is 11.1 Å². The first-order chi connectivity index (χ1) is 10.4. The molecule has 1 rings (SSSR count). The zero-order chi connectivity index (χ0) is 18.0. The first-order valence-corrected chi connectivity index (χ1v) is 8.37. The van der Waals surface area contributed by atoms with Gasteiger partial charge in [0.15, 0.2) is 0 Å². The topological polar surface area (TPSA) is 46.5 Å². The van der Waals surface area contributed by atoms with Crippen LogP contribution >= 0.6 is 0 Å². The van der Waals surface area contributed by atoms with Gasteiger partial charge in [0.25, 0.3) is 0 Å². The van der Waals surface area contributed by atoms with Crippen LogP contribution < -0.4 is 0 Å². The van der Waals surface area contributed by atoms with Gasteiger partial charge >= 0.3 is 5.97 Å². The second-order valence-electron chi connectivity index (χ2n) is 8.26. The molecule has 1 aromatic carbocycles. The number of rotatable bonds is 4. The van der Waals surface area contributed by atoms with Crippen LogP contribution in [-0.2, 0) is 20.4 Å². The highest BCUT2D eigenvalue weighted by Gasteiger charge is 2.26. The number of aliphatic hydroxyl groups is 1. The Kier molecular flexibility index (Phi) is 6.03. The minimum Gasteiger partial charge on any atom is -0.466 e. The number of hydrogen-bond donors (Lipinski definition) is 1. The van der Waals surface area contributed by atoms with E-state index < -0.39 is 6.10 Å². The maximum absolute atomic E-state index is 11.7. The van der Waals surface area contributed by atoms with Crippen molar-refractivity contribution in [2.45, 2.75) is 78.7 Å². The first-order valence-electron chi connectivity index (χ1n) is 8.37. The monoisotopic (exact) mass is 320 g/mol. The van der Waals surface area contributed by atoms with E-state index in [0.717, 1.165) is 11.1 Å². The van der Waals surface area contributed by atoms with Crippen LogP contribution in [0.4, 0.5) is 0 Å². The average molecular weight is 320 g/mol. The second kappa shape index (κ2) is 7.04. The molecule has 0 fully saturated rings. The fraction of sp³-hybridized carbons (Fsp3) is 0.650. The largest absolute Gasteiger partial charge is 0.466 e. The molecule has 0 aliphatic heterocycles. The van der Waals surface area contributed by atoms with Gasteiger partial charge in [-0.3, -0.25) is 4.79 Å². The van der Waals surface area contributed by atoms with Gasteiger partial charge in [0, 0.05) is 0 Å². The maximum atomic E-state index is 11.7. The Hall–Kier alpha value is -1.35. The molecule has 130 valence electrons. The van der Waals surface area contributed by atoms with E-state index >= 15 is 0 Å². The minimum atomic E-state index is -0.836. The fourth-order valence-corrected chi connectivity index (χ4v) is 2.78. The molecule has 0 saturated heterocycles. The normalized spacial score (nSPS) is 13.8. The van der Waals surface area contributed by atoms with Crippen LogP contribution in [-0.4, -0.2) is 17.7 Å². The molecule has 1 atom stereocenters. The lowest BCUT2D eigenvalue weighted by Gasteiger charge is -2.29. The number of carbonyl (C=O) groups is 1. The van der Waals surface area contributed by atoms with Gasteiger partial charge in [-0.25, -0.2) is 0 Å². The van der Waals surface area contributed by atoms with Crippen molar-refractivity contribution < 1.29 is 14.6 Å². The van der Waals surface area contributed by atoms with Crippen LogP contribution in [0.5, 0.6) is 0 Å². The maximum Gasteiger partial charge on any atom is 0.308 e. The third kappa shape index (κ3) is 5.07. The molecule has 3 nitrogen and oxygen atoms in total. The standard InChI is InChI=1S/C20H32O3/c1-9-23-18(22)12-17(21)15-10-14(19(3,4)5)11-16(13(15)2)20(6,7)8/h10-11,17,21H,9,12H2,1-8H3.